The maximum Gasteiger partial charge on any atom is 0.351 e. The highest BCUT2D eigenvalue weighted by Crippen LogP contribution is 2.29. The highest BCUT2D eigenvalue weighted by molar-refractivity contribution is 6.31. The maximum absolute atomic E-state index is 14.5. The topological polar surface area (TPSA) is 74.5 Å². The quantitative estimate of drug-likeness (QED) is 0.435. The molecule has 0 saturated heterocycles. The number of esters is 1. The lowest BCUT2D eigenvalue weighted by molar-refractivity contribution is -0.149. The van der Waals surface area contributed by atoms with E-state index in [2.05, 4.69) is 10.3 Å². The summed E-state index contributed by atoms with van der Waals surface area (Å²) in [5, 5.41) is 13.1. The molecule has 0 atom stereocenters. The van der Waals surface area contributed by atoms with Gasteiger partial charge >= 0.3 is 5.97 Å². The minimum absolute atomic E-state index is 0.0297. The molecule has 0 bridgehead atoms. The lowest BCUT2D eigenvalue weighted by atomic mass is 10.00. The van der Waals surface area contributed by atoms with Crippen molar-refractivity contribution in [2.24, 2.45) is 4.99 Å². The first-order chi connectivity index (χ1) is 13.7. The van der Waals surface area contributed by atoms with Crippen LogP contribution in [-0.2, 0) is 9.53 Å². The Hall–Kier alpha value is -3.17. The first-order valence-electron chi connectivity index (χ1n) is 8.92. The lowest BCUT2D eigenvalue weighted by Crippen LogP contribution is -2.26. The van der Waals surface area contributed by atoms with Gasteiger partial charge in [-0.2, -0.15) is 5.26 Å². The molecule has 3 rings (SSSR count). The van der Waals surface area contributed by atoms with E-state index < -0.39 is 17.4 Å². The largest absolute Gasteiger partial charge is 0.456 e. The molecule has 2 aromatic rings. The number of aliphatic imine (C=N–C) groups is 1. The van der Waals surface area contributed by atoms with Crippen LogP contribution < -0.4 is 5.32 Å². The molecular formula is C22H19ClFN3O2. The van der Waals surface area contributed by atoms with Crippen molar-refractivity contribution < 1.29 is 13.9 Å². The van der Waals surface area contributed by atoms with E-state index in [1.807, 2.05) is 6.07 Å². The second-order valence-electron chi connectivity index (χ2n) is 7.43. The van der Waals surface area contributed by atoms with Crippen molar-refractivity contribution >= 4 is 29.0 Å². The van der Waals surface area contributed by atoms with Crippen LogP contribution in [0, 0.1) is 17.1 Å². The molecule has 0 fully saturated rings. The van der Waals surface area contributed by atoms with Gasteiger partial charge in [-0.3, -0.25) is 4.99 Å². The van der Waals surface area contributed by atoms with E-state index in [-0.39, 0.29) is 17.8 Å². The lowest BCUT2D eigenvalue weighted by Gasteiger charge is -2.20. The summed E-state index contributed by atoms with van der Waals surface area (Å²) in [5.41, 5.74) is 1.15. The molecule has 2 aromatic carbocycles. The van der Waals surface area contributed by atoms with E-state index in [0.717, 1.165) is 0 Å². The van der Waals surface area contributed by atoms with E-state index in [0.29, 0.717) is 27.5 Å². The van der Waals surface area contributed by atoms with Gasteiger partial charge in [0.1, 0.15) is 17.5 Å². The number of ether oxygens (including phenoxy) is 1. The molecule has 1 aliphatic rings. The van der Waals surface area contributed by atoms with Gasteiger partial charge in [-0.25, -0.2) is 9.18 Å². The number of carbonyl (C=O) groups is 1. The summed E-state index contributed by atoms with van der Waals surface area (Å²) in [6.45, 7) is 5.13. The smallest absolute Gasteiger partial charge is 0.351 e. The molecule has 1 aliphatic heterocycles. The van der Waals surface area contributed by atoms with Gasteiger partial charge in [0.05, 0.1) is 18.0 Å². The number of benzodiazepines with no additional fused rings is 1. The van der Waals surface area contributed by atoms with Crippen LogP contribution in [0.3, 0.4) is 0 Å². The number of benzene rings is 2. The van der Waals surface area contributed by atoms with Crippen molar-refractivity contribution in [2.45, 2.75) is 26.4 Å². The van der Waals surface area contributed by atoms with Crippen molar-refractivity contribution in [3.63, 3.8) is 0 Å². The third-order valence-corrected chi connectivity index (χ3v) is 4.30. The fourth-order valence-corrected chi connectivity index (χ4v) is 3.03. The molecule has 0 spiro atoms. The zero-order valence-electron chi connectivity index (χ0n) is 16.2. The van der Waals surface area contributed by atoms with Gasteiger partial charge in [0.15, 0.2) is 5.57 Å². The number of halogens is 2. The summed E-state index contributed by atoms with van der Waals surface area (Å²) in [6, 6.07) is 13.2. The van der Waals surface area contributed by atoms with Crippen LogP contribution >= 0.6 is 11.6 Å². The van der Waals surface area contributed by atoms with Crippen molar-refractivity contribution in [2.75, 3.05) is 11.9 Å². The number of fused-ring (bicyclic) bond motifs is 1. The molecule has 1 N–H and O–H groups in total. The minimum atomic E-state index is -0.752. The predicted octanol–water partition coefficient (Wildman–Crippen LogP) is 4.86. The Kier molecular flexibility index (Phi) is 5.71. The predicted molar refractivity (Wildman–Crippen MR) is 110 cm³/mol. The number of nitrogens with zero attached hydrogens (tertiary/aromatic N) is 2. The molecule has 7 heteroatoms. The molecule has 0 radical (unpaired) electrons. The summed E-state index contributed by atoms with van der Waals surface area (Å²) in [5.74, 6) is -1.18. The van der Waals surface area contributed by atoms with Gasteiger partial charge < -0.3 is 10.1 Å². The highest BCUT2D eigenvalue weighted by atomic mass is 35.5. The molecule has 29 heavy (non-hydrogen) atoms. The Balaban J connectivity index is 2.16. The summed E-state index contributed by atoms with van der Waals surface area (Å²) in [7, 11) is 0. The molecule has 0 unspecified atom stereocenters. The standard InChI is InChI=1S/C22H19ClFN3O2/c1-22(2,3)29-21(28)16(11-25)19-12-26-20(14-6-4-5-7-17(14)24)15-10-13(23)8-9-18(15)27-19/h4-10,27H,12H2,1-3H3/b19-16-. The first kappa shape index (κ1) is 20.6. The average molecular weight is 412 g/mol. The van der Waals surface area contributed by atoms with E-state index >= 15 is 0 Å². The SMILES string of the molecule is CC(C)(C)OC(=O)/C(C#N)=C1/CN=C(c2ccccc2F)c2cc(Cl)ccc2N1. The Bertz CT molecular complexity index is 1080. The van der Waals surface area contributed by atoms with E-state index in [1.165, 1.54) is 6.07 Å². The molecule has 0 saturated carbocycles. The average Bonchev–Trinajstić information content (AvgIpc) is 2.81. The van der Waals surface area contributed by atoms with Crippen LogP contribution in [-0.4, -0.2) is 23.8 Å². The fourth-order valence-electron chi connectivity index (χ4n) is 2.86. The normalized spacial score (nSPS) is 15.2. The molecule has 1 heterocycles. The monoisotopic (exact) mass is 411 g/mol. The number of hydrogen-bond donors (Lipinski definition) is 1. The minimum Gasteiger partial charge on any atom is -0.456 e. The second-order valence-corrected chi connectivity index (χ2v) is 7.86. The third kappa shape index (κ3) is 4.64. The number of nitrogens with one attached hydrogen (secondary N) is 1. The number of rotatable bonds is 2. The Morgan fingerprint density at radius 3 is 2.62 bits per heavy atom. The molecule has 0 aromatic heterocycles. The number of anilines is 1. The molecule has 0 aliphatic carbocycles. The highest BCUT2D eigenvalue weighted by Gasteiger charge is 2.26. The Labute approximate surface area is 173 Å². The zero-order valence-corrected chi connectivity index (χ0v) is 17.0. The number of nitriles is 1. The van der Waals surface area contributed by atoms with Gasteiger partial charge in [-0.05, 0) is 51.1 Å². The van der Waals surface area contributed by atoms with Gasteiger partial charge in [0, 0.05) is 21.8 Å². The van der Waals surface area contributed by atoms with Gasteiger partial charge in [0.25, 0.3) is 0 Å². The summed E-state index contributed by atoms with van der Waals surface area (Å²) in [4.78, 5) is 17.0. The van der Waals surface area contributed by atoms with Gasteiger partial charge in [-0.15, -0.1) is 0 Å². The number of hydrogen-bond acceptors (Lipinski definition) is 5. The molecular weight excluding hydrogens is 393 g/mol. The van der Waals surface area contributed by atoms with Crippen LogP contribution in [0.4, 0.5) is 10.1 Å². The Morgan fingerprint density at radius 2 is 1.97 bits per heavy atom. The van der Waals surface area contributed by atoms with Crippen LogP contribution in [0.2, 0.25) is 5.02 Å². The van der Waals surface area contributed by atoms with Crippen LogP contribution in [0.1, 0.15) is 31.9 Å². The van der Waals surface area contributed by atoms with Crippen LogP contribution in [0.25, 0.3) is 0 Å². The van der Waals surface area contributed by atoms with E-state index in [4.69, 9.17) is 16.3 Å². The van der Waals surface area contributed by atoms with Crippen molar-refractivity contribution in [1.82, 2.24) is 0 Å². The second kappa shape index (κ2) is 8.06. The summed E-state index contributed by atoms with van der Waals surface area (Å²) >= 11 is 6.16. The maximum atomic E-state index is 14.5. The van der Waals surface area contributed by atoms with E-state index in [9.17, 15) is 14.4 Å². The van der Waals surface area contributed by atoms with Crippen molar-refractivity contribution in [3.8, 4) is 6.07 Å². The fraction of sp³-hybridized carbons (Fsp3) is 0.227. The number of carbonyl (C=O) groups excluding carboxylic acids is 1. The Morgan fingerprint density at radius 1 is 1.24 bits per heavy atom. The molecule has 148 valence electrons. The summed E-state index contributed by atoms with van der Waals surface area (Å²) < 4.78 is 19.8. The van der Waals surface area contributed by atoms with E-state index in [1.54, 1.807) is 57.2 Å². The first-order valence-corrected chi connectivity index (χ1v) is 9.30. The van der Waals surface area contributed by atoms with Gasteiger partial charge in [-0.1, -0.05) is 23.7 Å². The molecule has 0 amide bonds. The van der Waals surface area contributed by atoms with Gasteiger partial charge in [0.2, 0.25) is 0 Å². The van der Waals surface area contributed by atoms with Crippen LogP contribution in [0.5, 0.6) is 0 Å². The van der Waals surface area contributed by atoms with Crippen molar-refractivity contribution in [1.29, 1.82) is 5.26 Å². The zero-order chi connectivity index (χ0) is 21.2. The van der Waals surface area contributed by atoms with Crippen LogP contribution in [0.15, 0.2) is 58.7 Å². The third-order valence-electron chi connectivity index (χ3n) is 4.06. The summed E-state index contributed by atoms with van der Waals surface area (Å²) in [6.07, 6.45) is 0. The van der Waals surface area contributed by atoms with Crippen molar-refractivity contribution in [3.05, 3.63) is 75.7 Å². The molecule has 5 nitrogen and oxygen atoms in total.